The first kappa shape index (κ1) is 13.1. The molecule has 3 rings (SSSR count). The van der Waals surface area contributed by atoms with Crippen molar-refractivity contribution < 1.29 is 5.11 Å². The molecule has 6 nitrogen and oxygen atoms in total. The lowest BCUT2D eigenvalue weighted by atomic mass is 9.64. The maximum absolute atomic E-state index is 9.79. The number of tetrazole rings is 1. The molecule has 0 spiro atoms. The fraction of sp³-hybridized carbons (Fsp3) is 0.500. The van der Waals surface area contributed by atoms with E-state index in [1.807, 2.05) is 31.2 Å². The average molecular weight is 273 g/mol. The molecule has 2 aromatic rings. The highest BCUT2D eigenvalue weighted by molar-refractivity contribution is 5.52. The normalized spacial score (nSPS) is 24.2. The lowest BCUT2D eigenvalue weighted by Crippen LogP contribution is -2.56. The fourth-order valence-corrected chi connectivity index (χ4v) is 2.55. The minimum absolute atomic E-state index is 0.0965. The number of hydrogen-bond acceptors (Lipinski definition) is 5. The van der Waals surface area contributed by atoms with E-state index in [0.29, 0.717) is 0 Å². The molecule has 1 aromatic carbocycles. The van der Waals surface area contributed by atoms with Crippen molar-refractivity contribution in [1.82, 2.24) is 20.2 Å². The van der Waals surface area contributed by atoms with Crippen molar-refractivity contribution in [2.75, 3.05) is 5.32 Å². The Hall–Kier alpha value is -1.95. The number of aryl methyl sites for hydroxylation is 1. The molecule has 106 valence electrons. The van der Waals surface area contributed by atoms with Crippen LogP contribution in [0.5, 0.6) is 0 Å². The molecule has 6 heteroatoms. The zero-order chi connectivity index (χ0) is 14.3. The third-order valence-corrected chi connectivity index (χ3v) is 4.27. The molecule has 0 saturated heterocycles. The summed E-state index contributed by atoms with van der Waals surface area (Å²) in [7, 11) is 0. The van der Waals surface area contributed by atoms with Gasteiger partial charge in [0.25, 0.3) is 0 Å². The molecule has 1 aromatic heterocycles. The SMILES string of the molecule is Cc1nnnn1-c1cccc(NC2CC(O)C2(C)C)c1. The summed E-state index contributed by atoms with van der Waals surface area (Å²) in [5, 5.41) is 24.8. The van der Waals surface area contributed by atoms with Crippen LogP contribution in [0.25, 0.3) is 5.69 Å². The molecule has 2 atom stereocenters. The van der Waals surface area contributed by atoms with E-state index in [2.05, 4.69) is 34.7 Å². The molecule has 0 bridgehead atoms. The monoisotopic (exact) mass is 273 g/mol. The van der Waals surface area contributed by atoms with Crippen LogP contribution in [0.1, 0.15) is 26.1 Å². The molecule has 2 N–H and O–H groups in total. The van der Waals surface area contributed by atoms with Crippen LogP contribution in [0.15, 0.2) is 24.3 Å². The number of benzene rings is 1. The van der Waals surface area contributed by atoms with Crippen molar-refractivity contribution in [3.05, 3.63) is 30.1 Å². The smallest absolute Gasteiger partial charge is 0.153 e. The maximum Gasteiger partial charge on any atom is 0.153 e. The average Bonchev–Trinajstić information content (AvgIpc) is 2.85. The van der Waals surface area contributed by atoms with Crippen LogP contribution in [0.4, 0.5) is 5.69 Å². The van der Waals surface area contributed by atoms with Crippen molar-refractivity contribution in [3.63, 3.8) is 0 Å². The quantitative estimate of drug-likeness (QED) is 0.887. The van der Waals surface area contributed by atoms with Gasteiger partial charge in [-0.05, 0) is 42.0 Å². The highest BCUT2D eigenvalue weighted by Crippen LogP contribution is 2.42. The van der Waals surface area contributed by atoms with E-state index in [1.54, 1.807) is 4.68 Å². The minimum atomic E-state index is -0.232. The molecule has 1 heterocycles. The summed E-state index contributed by atoms with van der Waals surface area (Å²) in [5.41, 5.74) is 1.85. The van der Waals surface area contributed by atoms with Crippen LogP contribution < -0.4 is 5.32 Å². The van der Waals surface area contributed by atoms with Gasteiger partial charge in [0, 0.05) is 17.1 Å². The van der Waals surface area contributed by atoms with Crippen LogP contribution in [0.2, 0.25) is 0 Å². The van der Waals surface area contributed by atoms with E-state index >= 15 is 0 Å². The summed E-state index contributed by atoms with van der Waals surface area (Å²) in [6.07, 6.45) is 0.547. The Morgan fingerprint density at radius 2 is 2.20 bits per heavy atom. The van der Waals surface area contributed by atoms with Crippen LogP contribution >= 0.6 is 0 Å². The van der Waals surface area contributed by atoms with Gasteiger partial charge in [0.1, 0.15) is 0 Å². The van der Waals surface area contributed by atoms with Gasteiger partial charge < -0.3 is 10.4 Å². The molecule has 0 radical (unpaired) electrons. The Balaban J connectivity index is 1.81. The molecule has 0 amide bonds. The van der Waals surface area contributed by atoms with Gasteiger partial charge >= 0.3 is 0 Å². The van der Waals surface area contributed by atoms with Crippen LogP contribution in [-0.4, -0.2) is 37.5 Å². The van der Waals surface area contributed by atoms with Gasteiger partial charge in [0.05, 0.1) is 11.8 Å². The standard InChI is InChI=1S/C14H19N5O/c1-9-16-17-18-19(9)11-6-4-5-10(7-11)15-12-8-13(20)14(12,2)3/h4-7,12-13,15,20H,8H2,1-3H3. The number of nitrogens with zero attached hydrogens (tertiary/aromatic N) is 4. The third kappa shape index (κ3) is 2.06. The van der Waals surface area contributed by atoms with Gasteiger partial charge in [-0.15, -0.1) is 5.10 Å². The Kier molecular flexibility index (Phi) is 2.97. The minimum Gasteiger partial charge on any atom is -0.392 e. The first-order valence-corrected chi connectivity index (χ1v) is 6.78. The first-order valence-electron chi connectivity index (χ1n) is 6.78. The van der Waals surface area contributed by atoms with E-state index in [4.69, 9.17) is 0 Å². The maximum atomic E-state index is 9.79. The number of aliphatic hydroxyl groups excluding tert-OH is 1. The van der Waals surface area contributed by atoms with Gasteiger partial charge in [-0.3, -0.25) is 0 Å². The van der Waals surface area contributed by atoms with Crippen molar-refractivity contribution >= 4 is 5.69 Å². The number of rotatable bonds is 3. The number of hydrogen-bond donors (Lipinski definition) is 2. The molecule has 1 aliphatic rings. The van der Waals surface area contributed by atoms with Gasteiger partial charge in [-0.25, -0.2) is 0 Å². The lowest BCUT2D eigenvalue weighted by molar-refractivity contribution is -0.0510. The summed E-state index contributed by atoms with van der Waals surface area (Å²) in [6, 6.07) is 8.26. The zero-order valence-electron chi connectivity index (χ0n) is 11.9. The lowest BCUT2D eigenvalue weighted by Gasteiger charge is -2.49. The Morgan fingerprint density at radius 3 is 2.80 bits per heavy atom. The van der Waals surface area contributed by atoms with Gasteiger partial charge in [0.15, 0.2) is 5.82 Å². The van der Waals surface area contributed by atoms with Crippen LogP contribution in [-0.2, 0) is 0 Å². The summed E-state index contributed by atoms with van der Waals surface area (Å²) >= 11 is 0. The number of anilines is 1. The molecular weight excluding hydrogens is 254 g/mol. The van der Waals surface area contributed by atoms with Crippen molar-refractivity contribution in [2.45, 2.75) is 39.3 Å². The summed E-state index contributed by atoms with van der Waals surface area (Å²) in [5.74, 6) is 0.751. The molecular formula is C14H19N5O. The second kappa shape index (κ2) is 4.56. The van der Waals surface area contributed by atoms with E-state index < -0.39 is 0 Å². The number of aliphatic hydroxyl groups is 1. The Labute approximate surface area is 117 Å². The van der Waals surface area contributed by atoms with Crippen LogP contribution in [0, 0.1) is 12.3 Å². The van der Waals surface area contributed by atoms with E-state index in [0.717, 1.165) is 23.6 Å². The van der Waals surface area contributed by atoms with Gasteiger partial charge in [-0.1, -0.05) is 19.9 Å². The molecule has 2 unspecified atom stereocenters. The van der Waals surface area contributed by atoms with Gasteiger partial charge in [-0.2, -0.15) is 4.68 Å². The molecule has 1 fully saturated rings. The van der Waals surface area contributed by atoms with E-state index in [-0.39, 0.29) is 17.6 Å². The van der Waals surface area contributed by atoms with Crippen molar-refractivity contribution in [2.24, 2.45) is 5.41 Å². The molecule has 20 heavy (non-hydrogen) atoms. The third-order valence-electron chi connectivity index (χ3n) is 4.27. The Morgan fingerprint density at radius 1 is 1.40 bits per heavy atom. The molecule has 0 aliphatic heterocycles. The molecule has 1 aliphatic carbocycles. The van der Waals surface area contributed by atoms with Crippen molar-refractivity contribution in [3.8, 4) is 5.69 Å². The summed E-state index contributed by atoms with van der Waals surface area (Å²) < 4.78 is 1.70. The molecule has 1 saturated carbocycles. The van der Waals surface area contributed by atoms with Crippen LogP contribution in [0.3, 0.4) is 0 Å². The predicted octanol–water partition coefficient (Wildman–Crippen LogP) is 1.54. The fourth-order valence-electron chi connectivity index (χ4n) is 2.55. The van der Waals surface area contributed by atoms with E-state index in [9.17, 15) is 5.11 Å². The largest absolute Gasteiger partial charge is 0.392 e. The second-order valence-electron chi connectivity index (χ2n) is 5.96. The second-order valence-corrected chi connectivity index (χ2v) is 5.96. The van der Waals surface area contributed by atoms with Gasteiger partial charge in [0.2, 0.25) is 0 Å². The summed E-state index contributed by atoms with van der Waals surface area (Å²) in [4.78, 5) is 0. The highest BCUT2D eigenvalue weighted by Gasteiger charge is 2.47. The topological polar surface area (TPSA) is 75.9 Å². The predicted molar refractivity (Wildman–Crippen MR) is 75.7 cm³/mol. The Bertz CT molecular complexity index is 622. The number of aromatic nitrogens is 4. The zero-order valence-corrected chi connectivity index (χ0v) is 11.9. The first-order chi connectivity index (χ1) is 9.48. The van der Waals surface area contributed by atoms with Crippen molar-refractivity contribution in [1.29, 1.82) is 0 Å². The summed E-state index contributed by atoms with van der Waals surface area (Å²) in [6.45, 7) is 6.02. The van der Waals surface area contributed by atoms with E-state index in [1.165, 1.54) is 0 Å². The highest BCUT2D eigenvalue weighted by atomic mass is 16.3. The number of nitrogens with one attached hydrogen (secondary N) is 1.